The zero-order chi connectivity index (χ0) is 14.4. The second-order valence-electron chi connectivity index (χ2n) is 4.86. The number of hydrogen-bond donors (Lipinski definition) is 1. The number of nitrogens with zero attached hydrogens (tertiary/aromatic N) is 4. The molecular formula is C13H22ClN5O. The minimum Gasteiger partial charge on any atom is -0.381 e. The van der Waals surface area contributed by atoms with E-state index in [0.717, 1.165) is 39.3 Å². The van der Waals surface area contributed by atoms with E-state index in [-0.39, 0.29) is 5.28 Å². The van der Waals surface area contributed by atoms with Crippen molar-refractivity contribution in [3.63, 3.8) is 0 Å². The van der Waals surface area contributed by atoms with Gasteiger partial charge in [-0.05, 0) is 44.2 Å². The van der Waals surface area contributed by atoms with E-state index in [9.17, 15) is 0 Å². The first-order valence-electron chi connectivity index (χ1n) is 7.21. The van der Waals surface area contributed by atoms with Gasteiger partial charge in [0, 0.05) is 26.2 Å². The molecule has 0 amide bonds. The maximum atomic E-state index is 5.98. The molecule has 1 unspecified atom stereocenters. The normalized spacial score (nSPS) is 18.9. The van der Waals surface area contributed by atoms with Crippen molar-refractivity contribution in [3.05, 3.63) is 5.28 Å². The lowest BCUT2D eigenvalue weighted by molar-refractivity contribution is 0.0594. The average Bonchev–Trinajstić information content (AvgIpc) is 2.47. The van der Waals surface area contributed by atoms with E-state index in [1.165, 1.54) is 6.42 Å². The van der Waals surface area contributed by atoms with Gasteiger partial charge in [-0.1, -0.05) is 0 Å². The van der Waals surface area contributed by atoms with Crippen molar-refractivity contribution in [2.24, 2.45) is 5.92 Å². The summed E-state index contributed by atoms with van der Waals surface area (Å²) in [4.78, 5) is 14.8. The highest BCUT2D eigenvalue weighted by molar-refractivity contribution is 6.28. The van der Waals surface area contributed by atoms with Crippen molar-refractivity contribution in [1.82, 2.24) is 15.0 Å². The lowest BCUT2D eigenvalue weighted by Gasteiger charge is -2.23. The average molecular weight is 300 g/mol. The van der Waals surface area contributed by atoms with Crippen LogP contribution >= 0.6 is 11.6 Å². The van der Waals surface area contributed by atoms with Gasteiger partial charge in [-0.3, -0.25) is 0 Å². The molecule has 0 aliphatic carbocycles. The monoisotopic (exact) mass is 299 g/mol. The highest BCUT2D eigenvalue weighted by atomic mass is 35.5. The highest BCUT2D eigenvalue weighted by Gasteiger charge is 2.15. The van der Waals surface area contributed by atoms with Crippen molar-refractivity contribution in [1.29, 1.82) is 0 Å². The maximum Gasteiger partial charge on any atom is 0.231 e. The molecule has 0 radical (unpaired) electrons. The summed E-state index contributed by atoms with van der Waals surface area (Å²) in [6, 6.07) is 0. The third-order valence-electron chi connectivity index (χ3n) is 3.45. The van der Waals surface area contributed by atoms with Gasteiger partial charge < -0.3 is 15.0 Å². The summed E-state index contributed by atoms with van der Waals surface area (Å²) in [5.41, 5.74) is 0. The molecule has 0 spiro atoms. The molecule has 112 valence electrons. The first-order valence-corrected chi connectivity index (χ1v) is 7.58. The van der Waals surface area contributed by atoms with Crippen LogP contribution in [0.5, 0.6) is 0 Å². The van der Waals surface area contributed by atoms with Crippen LogP contribution in [0.15, 0.2) is 0 Å². The Kier molecular flexibility index (Phi) is 5.79. The Labute approximate surface area is 124 Å². The first-order chi connectivity index (χ1) is 9.72. The topological polar surface area (TPSA) is 63.2 Å². The Morgan fingerprint density at radius 2 is 2.10 bits per heavy atom. The summed E-state index contributed by atoms with van der Waals surface area (Å²) in [6.07, 6.45) is 2.30. The number of hydrogen-bond acceptors (Lipinski definition) is 6. The van der Waals surface area contributed by atoms with Crippen LogP contribution in [0, 0.1) is 5.92 Å². The molecule has 1 aliphatic rings. The van der Waals surface area contributed by atoms with Crippen LogP contribution in [-0.2, 0) is 4.74 Å². The van der Waals surface area contributed by atoms with Gasteiger partial charge >= 0.3 is 0 Å². The summed E-state index contributed by atoms with van der Waals surface area (Å²) in [5, 5.41) is 3.47. The number of nitrogens with one attached hydrogen (secondary N) is 1. The molecule has 2 heterocycles. The van der Waals surface area contributed by atoms with Gasteiger partial charge in [0.15, 0.2) is 0 Å². The first kappa shape index (κ1) is 15.3. The van der Waals surface area contributed by atoms with Crippen LogP contribution in [0.1, 0.15) is 26.7 Å². The quantitative estimate of drug-likeness (QED) is 0.869. The van der Waals surface area contributed by atoms with Crippen molar-refractivity contribution in [2.75, 3.05) is 43.1 Å². The molecule has 0 aromatic carbocycles. The van der Waals surface area contributed by atoms with Crippen LogP contribution in [0.4, 0.5) is 11.9 Å². The predicted octanol–water partition coefficient (Wildman–Crippen LogP) is 2.21. The molecule has 1 saturated heterocycles. The van der Waals surface area contributed by atoms with Gasteiger partial charge in [0.2, 0.25) is 17.2 Å². The summed E-state index contributed by atoms with van der Waals surface area (Å²) in [7, 11) is 0. The SMILES string of the molecule is CCN(CC)c1nc(Cl)nc(NCC2CCCOC2)n1. The van der Waals surface area contributed by atoms with Gasteiger partial charge in [0.1, 0.15) is 0 Å². The molecule has 1 atom stereocenters. The van der Waals surface area contributed by atoms with Crippen molar-refractivity contribution in [2.45, 2.75) is 26.7 Å². The molecule has 6 nitrogen and oxygen atoms in total. The van der Waals surface area contributed by atoms with Gasteiger partial charge in [-0.2, -0.15) is 15.0 Å². The summed E-state index contributed by atoms with van der Waals surface area (Å²) in [6.45, 7) is 8.29. The van der Waals surface area contributed by atoms with Crippen LogP contribution in [0.3, 0.4) is 0 Å². The maximum absolute atomic E-state index is 5.98. The smallest absolute Gasteiger partial charge is 0.231 e. The number of aromatic nitrogens is 3. The molecule has 0 bridgehead atoms. The van der Waals surface area contributed by atoms with Gasteiger partial charge in [-0.15, -0.1) is 0 Å². The highest BCUT2D eigenvalue weighted by Crippen LogP contribution is 2.16. The molecule has 0 saturated carbocycles. The van der Waals surface area contributed by atoms with E-state index < -0.39 is 0 Å². The van der Waals surface area contributed by atoms with Crippen LogP contribution in [0.2, 0.25) is 5.28 Å². The third kappa shape index (κ3) is 4.18. The molecule has 7 heteroatoms. The summed E-state index contributed by atoms with van der Waals surface area (Å²) < 4.78 is 5.46. The van der Waals surface area contributed by atoms with E-state index >= 15 is 0 Å². The Morgan fingerprint density at radius 3 is 2.75 bits per heavy atom. The van der Waals surface area contributed by atoms with Crippen molar-refractivity contribution < 1.29 is 4.74 Å². The van der Waals surface area contributed by atoms with Crippen molar-refractivity contribution in [3.8, 4) is 0 Å². The molecule has 20 heavy (non-hydrogen) atoms. The minimum absolute atomic E-state index is 0.226. The summed E-state index contributed by atoms with van der Waals surface area (Å²) in [5.74, 6) is 1.67. The Bertz CT molecular complexity index is 421. The van der Waals surface area contributed by atoms with Crippen LogP contribution in [0.25, 0.3) is 0 Å². The third-order valence-corrected chi connectivity index (χ3v) is 3.62. The largest absolute Gasteiger partial charge is 0.381 e. The second kappa shape index (κ2) is 7.59. The molecule has 2 rings (SSSR count). The molecule has 1 aliphatic heterocycles. The van der Waals surface area contributed by atoms with Gasteiger partial charge in [0.25, 0.3) is 0 Å². The molecule has 1 fully saturated rings. The fourth-order valence-electron chi connectivity index (χ4n) is 2.27. The minimum atomic E-state index is 0.226. The number of rotatable bonds is 6. The standard InChI is InChI=1S/C13H22ClN5O/c1-3-19(4-2)13-17-11(14)16-12(18-13)15-8-10-6-5-7-20-9-10/h10H,3-9H2,1-2H3,(H,15,16,17,18). The zero-order valence-corrected chi connectivity index (χ0v) is 12.9. The molecular weight excluding hydrogens is 278 g/mol. The van der Waals surface area contributed by atoms with E-state index in [2.05, 4.69) is 34.1 Å². The molecule has 1 N–H and O–H groups in total. The van der Waals surface area contributed by atoms with Crippen LogP contribution in [-0.4, -0.2) is 47.8 Å². The number of halogens is 1. The fraction of sp³-hybridized carbons (Fsp3) is 0.769. The van der Waals surface area contributed by atoms with Crippen LogP contribution < -0.4 is 10.2 Å². The lowest BCUT2D eigenvalue weighted by Crippen LogP contribution is -2.27. The Morgan fingerprint density at radius 1 is 1.30 bits per heavy atom. The van der Waals surface area contributed by atoms with E-state index in [4.69, 9.17) is 16.3 Å². The molecule has 1 aromatic heterocycles. The predicted molar refractivity (Wildman–Crippen MR) is 80.4 cm³/mol. The second-order valence-corrected chi connectivity index (χ2v) is 5.20. The fourth-order valence-corrected chi connectivity index (χ4v) is 2.43. The van der Waals surface area contributed by atoms with Crippen molar-refractivity contribution >= 4 is 23.5 Å². The van der Waals surface area contributed by atoms with E-state index in [0.29, 0.717) is 17.8 Å². The Balaban J connectivity index is 1.99. The number of ether oxygens (including phenoxy) is 1. The van der Waals surface area contributed by atoms with E-state index in [1.54, 1.807) is 0 Å². The Hall–Kier alpha value is -1.14. The zero-order valence-electron chi connectivity index (χ0n) is 12.1. The lowest BCUT2D eigenvalue weighted by atomic mass is 10.0. The summed E-state index contributed by atoms with van der Waals surface area (Å²) >= 11 is 5.98. The van der Waals surface area contributed by atoms with E-state index in [1.807, 2.05) is 4.90 Å². The van der Waals surface area contributed by atoms with Gasteiger partial charge in [0.05, 0.1) is 6.61 Å². The van der Waals surface area contributed by atoms with Gasteiger partial charge in [-0.25, -0.2) is 0 Å². The molecule has 1 aromatic rings. The number of anilines is 2.